The van der Waals surface area contributed by atoms with E-state index in [1.54, 1.807) is 0 Å². The van der Waals surface area contributed by atoms with Crippen LogP contribution in [0.25, 0.3) is 0 Å². The summed E-state index contributed by atoms with van der Waals surface area (Å²) >= 11 is 2.52. The summed E-state index contributed by atoms with van der Waals surface area (Å²) in [4.78, 5) is 21.0. The maximum absolute atomic E-state index is 12.9. The van der Waals surface area contributed by atoms with Gasteiger partial charge in [-0.1, -0.05) is 0 Å². The van der Waals surface area contributed by atoms with Crippen molar-refractivity contribution < 1.29 is 27.9 Å². The molecule has 0 aliphatic carbocycles. The van der Waals surface area contributed by atoms with Crippen molar-refractivity contribution in [3.05, 3.63) is 33.6 Å². The van der Waals surface area contributed by atoms with Crippen molar-refractivity contribution in [3.8, 4) is 0 Å². The summed E-state index contributed by atoms with van der Waals surface area (Å²) in [6, 6.07) is 0.574. The van der Waals surface area contributed by atoms with Crippen LogP contribution in [0.2, 0.25) is 0 Å². The smallest absolute Gasteiger partial charge is 0.377 e. The largest absolute Gasteiger partial charge is 0.475 e. The number of aliphatic carboxylic acids is 1. The third-order valence-corrected chi connectivity index (χ3v) is 2.12. The summed E-state index contributed by atoms with van der Waals surface area (Å²) in [6.07, 6.45) is 0. The fraction of sp³-hybridized carbons (Fsp3) is 0. The average molecular weight is 283 g/mol. The van der Waals surface area contributed by atoms with Crippen LogP contribution in [0.15, 0.2) is 10.5 Å². The summed E-state index contributed by atoms with van der Waals surface area (Å²) in [6.45, 7) is 0. The van der Waals surface area contributed by atoms with E-state index in [-0.39, 0.29) is 0 Å². The molecule has 0 aliphatic heterocycles. The quantitative estimate of drug-likeness (QED) is 0.391. The number of rotatable bonds is 2. The number of ketones is 1. The molecule has 0 saturated heterocycles. The van der Waals surface area contributed by atoms with Crippen LogP contribution in [0.5, 0.6) is 0 Å². The minimum Gasteiger partial charge on any atom is -0.475 e. The molecule has 0 unspecified atom stereocenters. The topological polar surface area (TPSA) is 54.4 Å². The van der Waals surface area contributed by atoms with Gasteiger partial charge in [-0.2, -0.15) is 0 Å². The van der Waals surface area contributed by atoms with Gasteiger partial charge in [0.25, 0.3) is 5.78 Å². The van der Waals surface area contributed by atoms with Crippen molar-refractivity contribution in [1.82, 2.24) is 0 Å². The molecule has 0 fully saturated rings. The molecule has 1 rings (SSSR count). The monoisotopic (exact) mass is 282 g/mol. The number of Topliss-reactive ketones (excluding diaryl/α,β-unsaturated/α-hetero) is 1. The van der Waals surface area contributed by atoms with Gasteiger partial charge in [0.1, 0.15) is 0 Å². The highest BCUT2D eigenvalue weighted by Gasteiger charge is 2.25. The number of carbonyl (C=O) groups excluding carboxylic acids is 1. The van der Waals surface area contributed by atoms with E-state index in [1.807, 2.05) is 0 Å². The Labute approximate surface area is 89.6 Å². The van der Waals surface area contributed by atoms with Crippen LogP contribution in [0, 0.1) is 17.5 Å². The summed E-state index contributed by atoms with van der Waals surface area (Å²) in [5.74, 6) is -8.83. The maximum atomic E-state index is 12.9. The van der Waals surface area contributed by atoms with E-state index in [1.165, 1.54) is 0 Å². The predicted molar refractivity (Wildman–Crippen MR) is 46.0 cm³/mol. The average Bonchev–Trinajstić information content (AvgIpc) is 2.19. The van der Waals surface area contributed by atoms with Gasteiger partial charge in [0.15, 0.2) is 17.5 Å². The van der Waals surface area contributed by atoms with Crippen LogP contribution in [0.3, 0.4) is 0 Å². The molecule has 80 valence electrons. The van der Waals surface area contributed by atoms with E-state index in [4.69, 9.17) is 5.11 Å². The molecule has 0 bridgehead atoms. The molecule has 3 nitrogen and oxygen atoms in total. The van der Waals surface area contributed by atoms with Crippen molar-refractivity contribution in [1.29, 1.82) is 0 Å². The SMILES string of the molecule is O=C(O)C(=O)c1cc(Br)c(F)c(F)c1F. The second-order valence-electron chi connectivity index (χ2n) is 2.48. The molecule has 0 saturated carbocycles. The molecule has 0 amide bonds. The van der Waals surface area contributed by atoms with Gasteiger partial charge in [-0.15, -0.1) is 0 Å². The van der Waals surface area contributed by atoms with E-state index in [2.05, 4.69) is 15.9 Å². The van der Waals surface area contributed by atoms with E-state index >= 15 is 0 Å². The molecule has 0 aromatic heterocycles. The number of carboxylic acid groups (broad SMARTS) is 1. The van der Waals surface area contributed by atoms with Gasteiger partial charge in [-0.25, -0.2) is 18.0 Å². The molecule has 1 N–H and O–H groups in total. The van der Waals surface area contributed by atoms with Gasteiger partial charge in [-0.05, 0) is 22.0 Å². The van der Waals surface area contributed by atoms with Crippen molar-refractivity contribution in [2.75, 3.05) is 0 Å². The van der Waals surface area contributed by atoms with Gasteiger partial charge in [0.05, 0.1) is 10.0 Å². The van der Waals surface area contributed by atoms with Crippen LogP contribution in [-0.2, 0) is 4.79 Å². The molecule has 0 aliphatic rings. The first kappa shape index (κ1) is 11.7. The standard InChI is InChI=1S/C8H2BrF3O3/c9-3-1-2(7(13)8(14)15)4(10)6(12)5(3)11/h1H,(H,14,15). The van der Waals surface area contributed by atoms with Gasteiger partial charge < -0.3 is 5.11 Å². The van der Waals surface area contributed by atoms with Crippen LogP contribution >= 0.6 is 15.9 Å². The Morgan fingerprint density at radius 2 is 1.67 bits per heavy atom. The minimum absolute atomic E-state index is 0.522. The number of benzene rings is 1. The van der Waals surface area contributed by atoms with Gasteiger partial charge in [0.2, 0.25) is 0 Å². The molecule has 0 atom stereocenters. The minimum atomic E-state index is -1.95. The lowest BCUT2D eigenvalue weighted by atomic mass is 10.1. The zero-order valence-corrected chi connectivity index (χ0v) is 8.44. The van der Waals surface area contributed by atoms with Crippen LogP contribution in [0.1, 0.15) is 10.4 Å². The first-order valence-electron chi connectivity index (χ1n) is 3.47. The second kappa shape index (κ2) is 4.01. The van der Waals surface area contributed by atoms with E-state index in [0.29, 0.717) is 6.07 Å². The lowest BCUT2D eigenvalue weighted by Crippen LogP contribution is -2.16. The molecular formula is C8H2BrF3O3. The molecule has 0 spiro atoms. The summed E-state index contributed by atoms with van der Waals surface area (Å²) in [5.41, 5.74) is -1.03. The first-order chi connectivity index (χ1) is 6.86. The fourth-order valence-electron chi connectivity index (χ4n) is 0.853. The summed E-state index contributed by atoms with van der Waals surface area (Å²) in [7, 11) is 0. The van der Waals surface area contributed by atoms with Gasteiger partial charge >= 0.3 is 5.97 Å². The Balaban J connectivity index is 3.45. The Kier molecular flexibility index (Phi) is 3.13. The number of carbonyl (C=O) groups is 2. The molecular weight excluding hydrogens is 281 g/mol. The highest BCUT2D eigenvalue weighted by atomic mass is 79.9. The van der Waals surface area contributed by atoms with Crippen LogP contribution in [-0.4, -0.2) is 16.9 Å². The van der Waals surface area contributed by atoms with Crippen molar-refractivity contribution >= 4 is 27.7 Å². The lowest BCUT2D eigenvalue weighted by Gasteiger charge is -2.02. The highest BCUT2D eigenvalue weighted by molar-refractivity contribution is 9.10. The number of halogens is 4. The van der Waals surface area contributed by atoms with Crippen LogP contribution < -0.4 is 0 Å². The second-order valence-corrected chi connectivity index (χ2v) is 3.34. The molecule has 7 heteroatoms. The van der Waals surface area contributed by atoms with Gasteiger partial charge in [0, 0.05) is 0 Å². The third-order valence-electron chi connectivity index (χ3n) is 1.54. The Hall–Kier alpha value is -1.37. The lowest BCUT2D eigenvalue weighted by molar-refractivity contribution is -0.131. The zero-order valence-electron chi connectivity index (χ0n) is 6.85. The summed E-state index contributed by atoms with van der Waals surface area (Å²) in [5, 5.41) is 8.26. The van der Waals surface area contributed by atoms with E-state index in [0.717, 1.165) is 0 Å². The maximum Gasteiger partial charge on any atom is 0.377 e. The van der Waals surface area contributed by atoms with Crippen molar-refractivity contribution in [3.63, 3.8) is 0 Å². The van der Waals surface area contributed by atoms with Crippen molar-refractivity contribution in [2.24, 2.45) is 0 Å². The molecule has 1 aromatic rings. The summed E-state index contributed by atoms with van der Waals surface area (Å²) < 4.78 is 37.9. The van der Waals surface area contributed by atoms with Crippen molar-refractivity contribution in [2.45, 2.75) is 0 Å². The Morgan fingerprint density at radius 1 is 1.13 bits per heavy atom. The van der Waals surface area contributed by atoms with Gasteiger partial charge in [-0.3, -0.25) is 4.79 Å². The van der Waals surface area contributed by atoms with E-state index in [9.17, 15) is 22.8 Å². The number of hydrogen-bond acceptors (Lipinski definition) is 2. The normalized spacial score (nSPS) is 10.1. The molecule has 1 aromatic carbocycles. The predicted octanol–water partition coefficient (Wildman–Crippen LogP) is 2.13. The number of hydrogen-bond donors (Lipinski definition) is 1. The van der Waals surface area contributed by atoms with E-state index < -0.39 is 39.2 Å². The Bertz CT molecular complexity index is 459. The van der Waals surface area contributed by atoms with Crippen LogP contribution in [0.4, 0.5) is 13.2 Å². The molecule has 0 radical (unpaired) electrons. The number of carboxylic acids is 1. The molecule has 0 heterocycles. The highest BCUT2D eigenvalue weighted by Crippen LogP contribution is 2.24. The molecule has 15 heavy (non-hydrogen) atoms. The third kappa shape index (κ3) is 2.01. The Morgan fingerprint density at radius 3 is 2.13 bits per heavy atom. The fourth-order valence-corrected chi connectivity index (χ4v) is 1.26. The first-order valence-corrected chi connectivity index (χ1v) is 4.26. The zero-order chi connectivity index (χ0) is 11.7.